The van der Waals surface area contributed by atoms with E-state index < -0.39 is 24.1 Å². The van der Waals surface area contributed by atoms with E-state index in [0.717, 1.165) is 32.7 Å². The van der Waals surface area contributed by atoms with E-state index >= 15 is 0 Å². The molecule has 1 aliphatic heterocycles. The summed E-state index contributed by atoms with van der Waals surface area (Å²) in [5, 5.41) is 15.1. The van der Waals surface area contributed by atoms with Crippen LogP contribution in [0.5, 0.6) is 5.75 Å². The van der Waals surface area contributed by atoms with Gasteiger partial charge in [0.15, 0.2) is 0 Å². The first-order chi connectivity index (χ1) is 28.0. The molecule has 1 saturated heterocycles. The van der Waals surface area contributed by atoms with Gasteiger partial charge in [-0.3, -0.25) is 0 Å². The zero-order chi connectivity index (χ0) is 38.9. The van der Waals surface area contributed by atoms with Gasteiger partial charge in [-0.25, -0.2) is 0 Å². The highest BCUT2D eigenvalue weighted by molar-refractivity contribution is 7.19. The molecule has 0 amide bonds. The average Bonchev–Trinajstić information content (AvgIpc) is 3.66. The van der Waals surface area contributed by atoms with Gasteiger partial charge in [0, 0.05) is 27.4 Å². The minimum atomic E-state index is -2.04. The molecule has 1 aromatic heterocycles. The van der Waals surface area contributed by atoms with Crippen molar-refractivity contribution >= 4 is 33.0 Å². The minimum Gasteiger partial charge on any atom is -0.488 e. The monoisotopic (exact) mass is 796 g/mol. The molecule has 8 heteroatoms. The molecule has 0 spiro atoms. The Balaban J connectivity index is 1.20. The summed E-state index contributed by atoms with van der Waals surface area (Å²) in [6.07, 6.45) is -1.15. The Morgan fingerprint density at radius 2 is 1.21 bits per heavy atom. The number of hydrogen-bond donors (Lipinski definition) is 1. The lowest BCUT2D eigenvalue weighted by molar-refractivity contribution is -0.352. The van der Waals surface area contributed by atoms with Crippen molar-refractivity contribution in [2.75, 3.05) is 6.61 Å². The molecule has 4 unspecified atom stereocenters. The summed E-state index contributed by atoms with van der Waals surface area (Å²) in [4.78, 5) is 1.15. The number of thiophene rings is 1. The quantitative estimate of drug-likeness (QED) is 0.105. The predicted molar refractivity (Wildman–Crippen MR) is 226 cm³/mol. The number of rotatable bonds is 16. The van der Waals surface area contributed by atoms with Crippen LogP contribution in [-0.4, -0.2) is 30.0 Å². The molecule has 0 radical (unpaired) electrons. The van der Waals surface area contributed by atoms with Crippen molar-refractivity contribution in [2.24, 2.45) is 0 Å². The Labute approximate surface area is 343 Å². The number of halogens is 1. The van der Waals surface area contributed by atoms with Crippen molar-refractivity contribution in [3.05, 3.63) is 207 Å². The molecule has 290 valence electrons. The fraction of sp³-hybridized carbons (Fsp3) is 0.224. The van der Waals surface area contributed by atoms with Crippen LogP contribution >= 0.6 is 22.9 Å². The summed E-state index contributed by atoms with van der Waals surface area (Å²) >= 11 is 8.85. The second-order valence-electron chi connectivity index (χ2n) is 14.4. The Hall–Kier alpha value is -4.83. The molecule has 1 N–H and O–H groups in total. The summed E-state index contributed by atoms with van der Waals surface area (Å²) < 4.78 is 34.4. The van der Waals surface area contributed by atoms with E-state index in [9.17, 15) is 5.11 Å². The van der Waals surface area contributed by atoms with Crippen molar-refractivity contribution in [2.45, 2.75) is 63.4 Å². The van der Waals surface area contributed by atoms with Crippen molar-refractivity contribution in [3.63, 3.8) is 0 Å². The van der Waals surface area contributed by atoms with Gasteiger partial charge in [-0.1, -0.05) is 151 Å². The van der Waals surface area contributed by atoms with Crippen LogP contribution in [0.15, 0.2) is 164 Å². The molecule has 0 saturated carbocycles. The van der Waals surface area contributed by atoms with Crippen molar-refractivity contribution < 1.29 is 28.8 Å². The van der Waals surface area contributed by atoms with E-state index in [1.165, 1.54) is 10.1 Å². The summed E-state index contributed by atoms with van der Waals surface area (Å²) in [6.45, 7) is 1.41. The number of fused-ring (bicyclic) bond motifs is 1. The van der Waals surface area contributed by atoms with E-state index in [0.29, 0.717) is 42.4 Å². The molecule has 1 aliphatic rings. The lowest BCUT2D eigenvalue weighted by Crippen LogP contribution is -2.58. The third kappa shape index (κ3) is 9.83. The number of aliphatic hydroxyl groups is 1. The van der Waals surface area contributed by atoms with E-state index in [-0.39, 0.29) is 19.8 Å². The van der Waals surface area contributed by atoms with Gasteiger partial charge in [-0.05, 0) is 57.5 Å². The normalized spacial score (nSPS) is 19.4. The molecule has 0 aliphatic carbocycles. The summed E-state index contributed by atoms with van der Waals surface area (Å²) in [5.41, 5.74) is 5.22. The van der Waals surface area contributed by atoms with Crippen LogP contribution in [0.2, 0.25) is 5.02 Å². The SMILES string of the molecule is OC1(c2cc(Cc3cc4ccccc4s3)c(Cl)cc2OCc2ccccc2)OC(COCc2ccccc2)CC(OCc2ccccc2)C1OCc1ccccc1. The largest absolute Gasteiger partial charge is 0.488 e. The van der Waals surface area contributed by atoms with Crippen LogP contribution in [0.25, 0.3) is 10.1 Å². The van der Waals surface area contributed by atoms with E-state index in [4.69, 9.17) is 35.3 Å². The highest BCUT2D eigenvalue weighted by Crippen LogP contribution is 2.46. The van der Waals surface area contributed by atoms with E-state index in [1.807, 2.05) is 140 Å². The van der Waals surface area contributed by atoms with Crippen LogP contribution in [0, 0.1) is 0 Å². The van der Waals surface area contributed by atoms with Gasteiger partial charge in [0.1, 0.15) is 18.5 Å². The van der Waals surface area contributed by atoms with Crippen LogP contribution in [-0.2, 0) is 57.6 Å². The zero-order valence-electron chi connectivity index (χ0n) is 31.5. The van der Waals surface area contributed by atoms with E-state index in [2.05, 4.69) is 18.2 Å². The maximum atomic E-state index is 13.4. The van der Waals surface area contributed by atoms with Crippen molar-refractivity contribution in [1.29, 1.82) is 0 Å². The lowest BCUT2D eigenvalue weighted by atomic mass is 9.87. The molecule has 57 heavy (non-hydrogen) atoms. The van der Waals surface area contributed by atoms with Gasteiger partial charge in [0.2, 0.25) is 5.79 Å². The highest BCUT2D eigenvalue weighted by atomic mass is 35.5. The molecule has 2 heterocycles. The molecule has 1 fully saturated rings. The summed E-state index contributed by atoms with van der Waals surface area (Å²) in [7, 11) is 0. The molecule has 6 nitrogen and oxygen atoms in total. The lowest BCUT2D eigenvalue weighted by Gasteiger charge is -2.47. The van der Waals surface area contributed by atoms with Gasteiger partial charge < -0.3 is 28.8 Å². The third-order valence-electron chi connectivity index (χ3n) is 10.2. The fourth-order valence-electron chi connectivity index (χ4n) is 7.30. The van der Waals surface area contributed by atoms with Crippen LogP contribution in [0.3, 0.4) is 0 Å². The number of ether oxygens (including phenoxy) is 5. The van der Waals surface area contributed by atoms with Gasteiger partial charge in [-0.15, -0.1) is 11.3 Å². The second kappa shape index (κ2) is 18.6. The topological polar surface area (TPSA) is 66.4 Å². The third-order valence-corrected chi connectivity index (χ3v) is 11.6. The number of hydrogen-bond acceptors (Lipinski definition) is 7. The number of benzene rings is 6. The first-order valence-corrected chi connectivity index (χ1v) is 20.5. The minimum absolute atomic E-state index is 0.218. The van der Waals surface area contributed by atoms with Gasteiger partial charge in [0.25, 0.3) is 0 Å². The van der Waals surface area contributed by atoms with Crippen molar-refractivity contribution in [1.82, 2.24) is 0 Å². The molecule has 0 bridgehead atoms. The average molecular weight is 797 g/mol. The summed E-state index contributed by atoms with van der Waals surface area (Å²) in [6, 6.07) is 54.1. The predicted octanol–water partition coefficient (Wildman–Crippen LogP) is 11.0. The van der Waals surface area contributed by atoms with Crippen LogP contribution in [0.1, 0.15) is 44.7 Å². The Morgan fingerprint density at radius 1 is 0.649 bits per heavy atom. The first-order valence-electron chi connectivity index (χ1n) is 19.3. The molecular weight excluding hydrogens is 752 g/mol. The fourth-order valence-corrected chi connectivity index (χ4v) is 8.61. The maximum Gasteiger partial charge on any atom is 0.226 e. The Morgan fingerprint density at radius 3 is 1.84 bits per heavy atom. The van der Waals surface area contributed by atoms with Crippen molar-refractivity contribution in [3.8, 4) is 5.75 Å². The van der Waals surface area contributed by atoms with Gasteiger partial charge >= 0.3 is 0 Å². The molecular formula is C49H45ClO6S. The Bertz CT molecular complexity index is 2290. The van der Waals surface area contributed by atoms with Crippen LogP contribution in [0.4, 0.5) is 0 Å². The van der Waals surface area contributed by atoms with E-state index in [1.54, 1.807) is 17.4 Å². The zero-order valence-corrected chi connectivity index (χ0v) is 33.1. The highest BCUT2D eigenvalue weighted by Gasteiger charge is 2.53. The first kappa shape index (κ1) is 39.0. The van der Waals surface area contributed by atoms with Gasteiger partial charge in [0.05, 0.1) is 44.2 Å². The van der Waals surface area contributed by atoms with Crippen LogP contribution < -0.4 is 4.74 Å². The standard InChI is InChI=1S/C49H45ClO6S/c50-44-29-45(53-31-36-17-7-2-8-18-36)43(27-40(44)26-42-25-39-23-13-14-24-47(39)57-42)49(51)48(55-33-38-21-11-4-12-22-38)46(54-32-37-19-9-3-10-20-37)28-41(56-49)34-52-30-35-15-5-1-6-16-35/h1-25,27,29,41,46,48,51H,26,28,30-34H2. The molecule has 4 atom stereocenters. The molecule has 8 rings (SSSR count). The molecule has 6 aromatic carbocycles. The van der Waals surface area contributed by atoms with Gasteiger partial charge in [-0.2, -0.15) is 0 Å². The maximum absolute atomic E-state index is 13.4. The molecule has 7 aromatic rings. The summed E-state index contributed by atoms with van der Waals surface area (Å²) in [5.74, 6) is -1.65. The second-order valence-corrected chi connectivity index (χ2v) is 15.9. The Kier molecular flexibility index (Phi) is 12.7. The smallest absolute Gasteiger partial charge is 0.226 e.